The van der Waals surface area contributed by atoms with Gasteiger partial charge in [0.05, 0.1) is 11.1 Å². The number of hydrogen-bond acceptors (Lipinski definition) is 3. The normalized spacial score (nSPS) is 15.3. The van der Waals surface area contributed by atoms with Gasteiger partial charge in [0.2, 0.25) is 0 Å². The molecule has 9 aromatic rings. The maximum atomic E-state index is 6.68. The molecule has 1 spiro atoms. The Bertz CT molecular complexity index is 2900. The van der Waals surface area contributed by atoms with Crippen LogP contribution in [0.25, 0.3) is 44.2 Å². The minimum atomic E-state index is -0.475. The molecule has 53 heavy (non-hydrogen) atoms. The molecule has 0 saturated carbocycles. The number of halogens is 1. The highest BCUT2D eigenvalue weighted by Gasteiger charge is 2.50. The molecule has 11 rings (SSSR count). The van der Waals surface area contributed by atoms with Crippen molar-refractivity contribution in [1.82, 2.24) is 0 Å². The van der Waals surface area contributed by atoms with Crippen molar-refractivity contribution in [2.45, 2.75) is 15.2 Å². The van der Waals surface area contributed by atoms with E-state index in [9.17, 15) is 0 Å². The van der Waals surface area contributed by atoms with Gasteiger partial charge in [-0.05, 0) is 99.1 Å². The summed E-state index contributed by atoms with van der Waals surface area (Å²) in [4.78, 5) is 4.85. The highest BCUT2D eigenvalue weighted by molar-refractivity contribution is 7.99. The van der Waals surface area contributed by atoms with Crippen LogP contribution < -0.4 is 4.90 Å². The van der Waals surface area contributed by atoms with Crippen molar-refractivity contribution < 1.29 is 4.42 Å². The van der Waals surface area contributed by atoms with Crippen LogP contribution in [-0.2, 0) is 5.41 Å². The molecule has 1 aliphatic carbocycles. The van der Waals surface area contributed by atoms with E-state index >= 15 is 0 Å². The zero-order chi connectivity index (χ0) is 35.1. The van der Waals surface area contributed by atoms with Gasteiger partial charge in [-0.2, -0.15) is 0 Å². The van der Waals surface area contributed by atoms with Crippen LogP contribution in [-0.4, -0.2) is 0 Å². The Morgan fingerprint density at radius 3 is 2.00 bits per heavy atom. The van der Waals surface area contributed by atoms with Crippen LogP contribution in [0.2, 0.25) is 5.02 Å². The third-order valence-corrected chi connectivity index (χ3v) is 12.3. The van der Waals surface area contributed by atoms with Gasteiger partial charge in [0.1, 0.15) is 11.2 Å². The molecule has 2 heterocycles. The Kier molecular flexibility index (Phi) is 6.79. The van der Waals surface area contributed by atoms with E-state index in [4.69, 9.17) is 16.0 Å². The minimum Gasteiger partial charge on any atom is -0.456 e. The predicted octanol–water partition coefficient (Wildman–Crippen LogP) is 14.2. The average molecular weight is 716 g/mol. The summed E-state index contributed by atoms with van der Waals surface area (Å²) in [7, 11) is 0. The monoisotopic (exact) mass is 715 g/mol. The average Bonchev–Trinajstić information content (AvgIpc) is 3.72. The number of nitrogens with zero attached hydrogens (tertiary/aromatic N) is 1. The number of fused-ring (bicyclic) bond motifs is 12. The first-order valence-electron chi connectivity index (χ1n) is 17.9. The molecule has 2 aliphatic rings. The first-order chi connectivity index (χ1) is 26.2. The largest absolute Gasteiger partial charge is 0.456 e. The van der Waals surface area contributed by atoms with Crippen molar-refractivity contribution in [3.05, 3.63) is 209 Å². The van der Waals surface area contributed by atoms with Gasteiger partial charge in [-0.15, -0.1) is 0 Å². The maximum Gasteiger partial charge on any atom is 0.138 e. The van der Waals surface area contributed by atoms with E-state index in [-0.39, 0.29) is 0 Å². The topological polar surface area (TPSA) is 16.4 Å². The molecule has 2 nitrogen and oxygen atoms in total. The van der Waals surface area contributed by atoms with Crippen LogP contribution in [0.15, 0.2) is 196 Å². The fourth-order valence-corrected chi connectivity index (χ4v) is 10.2. The van der Waals surface area contributed by atoms with E-state index in [0.29, 0.717) is 0 Å². The number of hydrogen-bond donors (Lipinski definition) is 0. The molecule has 1 atom stereocenters. The maximum absolute atomic E-state index is 6.68. The summed E-state index contributed by atoms with van der Waals surface area (Å²) in [6.45, 7) is 0. The van der Waals surface area contributed by atoms with E-state index in [1.54, 1.807) is 0 Å². The van der Waals surface area contributed by atoms with Crippen LogP contribution in [0.5, 0.6) is 0 Å². The first kappa shape index (κ1) is 30.6. The summed E-state index contributed by atoms with van der Waals surface area (Å²) in [5.41, 5.74) is 14.3. The highest BCUT2D eigenvalue weighted by Crippen LogP contribution is 2.63. The molecule has 4 heteroatoms. The number of anilines is 3. The summed E-state index contributed by atoms with van der Waals surface area (Å²) < 4.78 is 6.60. The van der Waals surface area contributed by atoms with Crippen LogP contribution in [0.4, 0.5) is 17.1 Å². The van der Waals surface area contributed by atoms with Crippen LogP contribution in [0.1, 0.15) is 22.3 Å². The third-order valence-electron chi connectivity index (χ3n) is 11.0. The smallest absolute Gasteiger partial charge is 0.138 e. The Morgan fingerprint density at radius 1 is 0.453 bits per heavy atom. The molecule has 1 aromatic heterocycles. The lowest BCUT2D eigenvalue weighted by Gasteiger charge is -2.40. The van der Waals surface area contributed by atoms with Gasteiger partial charge in [-0.3, -0.25) is 0 Å². The number of rotatable bonds is 4. The first-order valence-corrected chi connectivity index (χ1v) is 19.1. The zero-order valence-electron chi connectivity index (χ0n) is 28.5. The SMILES string of the molecule is Clc1ccc2c(c1)-c1ccccc1C21c2ccccc2Sc2cc(N(c3ccccc3)c3cc(-c4ccccc4)c4c(c3)oc3ccccc34)ccc21. The second-order valence-corrected chi connectivity index (χ2v) is 15.3. The molecule has 1 unspecified atom stereocenters. The molecular formula is C49H30ClNOS. The van der Waals surface area contributed by atoms with Crippen molar-refractivity contribution >= 4 is 62.4 Å². The number of para-hydroxylation sites is 2. The van der Waals surface area contributed by atoms with Gasteiger partial charge >= 0.3 is 0 Å². The molecule has 1 aliphatic heterocycles. The fourth-order valence-electron chi connectivity index (χ4n) is 8.85. The molecule has 0 radical (unpaired) electrons. The van der Waals surface area contributed by atoms with Gasteiger partial charge in [0.25, 0.3) is 0 Å². The lowest BCUT2D eigenvalue weighted by Crippen LogP contribution is -2.32. The number of furan rings is 1. The van der Waals surface area contributed by atoms with Gasteiger partial charge in [0, 0.05) is 43.0 Å². The Labute approximate surface area is 316 Å². The fraction of sp³-hybridized carbons (Fsp3) is 0.0204. The van der Waals surface area contributed by atoms with Crippen LogP contribution in [0.3, 0.4) is 0 Å². The highest BCUT2D eigenvalue weighted by atomic mass is 35.5. The molecule has 0 amide bonds. The molecule has 0 N–H and O–H groups in total. The molecule has 0 fully saturated rings. The molecular weight excluding hydrogens is 686 g/mol. The summed E-state index contributed by atoms with van der Waals surface area (Å²) in [6.07, 6.45) is 0. The van der Waals surface area contributed by atoms with Gasteiger partial charge in [-0.25, -0.2) is 0 Å². The van der Waals surface area contributed by atoms with Crippen molar-refractivity contribution in [3.8, 4) is 22.3 Å². The van der Waals surface area contributed by atoms with Crippen molar-refractivity contribution in [1.29, 1.82) is 0 Å². The summed E-state index contributed by atoms with van der Waals surface area (Å²) >= 11 is 8.53. The van der Waals surface area contributed by atoms with Gasteiger partial charge in [-0.1, -0.05) is 145 Å². The Hall–Kier alpha value is -6.00. The lowest BCUT2D eigenvalue weighted by molar-refractivity contribution is 0.669. The van der Waals surface area contributed by atoms with E-state index in [1.165, 1.54) is 43.2 Å². The summed E-state index contributed by atoms with van der Waals surface area (Å²) in [6, 6.07) is 65.4. The molecule has 8 aromatic carbocycles. The van der Waals surface area contributed by atoms with Gasteiger partial charge < -0.3 is 9.32 Å². The second kappa shape index (κ2) is 11.8. The summed E-state index contributed by atoms with van der Waals surface area (Å²) in [5.74, 6) is 0. The van der Waals surface area contributed by atoms with E-state index in [1.807, 2.05) is 23.9 Å². The quantitative estimate of drug-likeness (QED) is 0.180. The Balaban J connectivity index is 1.17. The van der Waals surface area contributed by atoms with E-state index in [2.05, 4.69) is 175 Å². The number of benzene rings is 8. The van der Waals surface area contributed by atoms with Crippen LogP contribution >= 0.6 is 23.4 Å². The third kappa shape index (κ3) is 4.48. The van der Waals surface area contributed by atoms with Gasteiger partial charge in [0.15, 0.2) is 0 Å². The summed E-state index contributed by atoms with van der Waals surface area (Å²) in [5, 5.41) is 2.99. The Morgan fingerprint density at radius 2 is 1.13 bits per heavy atom. The molecule has 250 valence electrons. The van der Waals surface area contributed by atoms with Crippen molar-refractivity contribution in [2.75, 3.05) is 4.90 Å². The van der Waals surface area contributed by atoms with Crippen molar-refractivity contribution in [3.63, 3.8) is 0 Å². The van der Waals surface area contributed by atoms with E-state index < -0.39 is 5.41 Å². The lowest BCUT2D eigenvalue weighted by atomic mass is 9.67. The standard InChI is InChI=1S/C49H30ClNOS/c50-32-23-25-41-39(27-32)36-17-7-9-19-40(36)49(41)42-20-10-12-22-46(42)53-47-30-34(24-26-43(47)49)51(33-15-5-2-6-16-33)35-28-38(31-13-3-1-4-14-31)48-37-18-8-11-21-44(37)52-45(48)29-35/h1-30H. The molecule has 0 bridgehead atoms. The minimum absolute atomic E-state index is 0.475. The predicted molar refractivity (Wildman–Crippen MR) is 220 cm³/mol. The van der Waals surface area contributed by atoms with E-state index in [0.717, 1.165) is 55.2 Å². The van der Waals surface area contributed by atoms with Crippen molar-refractivity contribution in [2.24, 2.45) is 0 Å². The zero-order valence-corrected chi connectivity index (χ0v) is 30.0. The molecule has 0 saturated heterocycles. The second-order valence-electron chi connectivity index (χ2n) is 13.8. The van der Waals surface area contributed by atoms with Crippen LogP contribution in [0, 0.1) is 0 Å².